The molecule has 0 radical (unpaired) electrons. The van der Waals surface area contributed by atoms with Crippen LogP contribution in [0.15, 0.2) is 65.1 Å². The molecule has 1 aromatic carbocycles. The minimum absolute atomic E-state index is 0.0549. The van der Waals surface area contributed by atoms with E-state index in [1.807, 2.05) is 20.8 Å². The lowest BCUT2D eigenvalue weighted by atomic mass is 9.79. The van der Waals surface area contributed by atoms with E-state index in [0.717, 1.165) is 5.57 Å². The Morgan fingerprint density at radius 3 is 2.51 bits per heavy atom. The minimum Gasteiger partial charge on any atom is -0.487 e. The lowest BCUT2D eigenvalue weighted by Crippen LogP contribution is -2.47. The number of aromatic carboxylic acids is 1. The summed E-state index contributed by atoms with van der Waals surface area (Å²) < 4.78 is 5.78. The van der Waals surface area contributed by atoms with E-state index in [0.29, 0.717) is 30.0 Å². The maximum absolute atomic E-state index is 13.7. The Morgan fingerprint density at radius 1 is 1.24 bits per heavy atom. The predicted molar refractivity (Wildman–Crippen MR) is 140 cm³/mol. The molecule has 3 rings (SSSR count). The van der Waals surface area contributed by atoms with Crippen LogP contribution in [0, 0.1) is 11.3 Å². The lowest BCUT2D eigenvalue weighted by Gasteiger charge is -2.40. The summed E-state index contributed by atoms with van der Waals surface area (Å²) in [5.41, 5.74) is 1.58. The van der Waals surface area contributed by atoms with E-state index in [1.165, 1.54) is 12.1 Å². The van der Waals surface area contributed by atoms with Crippen LogP contribution in [-0.4, -0.2) is 64.8 Å². The molecule has 0 saturated carbocycles. The number of hydrogen-bond acceptors (Lipinski definition) is 7. The van der Waals surface area contributed by atoms with Crippen LogP contribution in [0.2, 0.25) is 0 Å². The van der Waals surface area contributed by atoms with Crippen molar-refractivity contribution in [1.82, 2.24) is 10.2 Å². The van der Waals surface area contributed by atoms with E-state index in [1.54, 1.807) is 42.6 Å². The van der Waals surface area contributed by atoms with Crippen molar-refractivity contribution >= 4 is 23.9 Å². The highest BCUT2D eigenvalue weighted by molar-refractivity contribution is 5.90. The zero-order valence-electron chi connectivity index (χ0n) is 21.7. The molecule has 0 saturated heterocycles. The number of carboxylic acid groups (broad SMARTS) is 1. The van der Waals surface area contributed by atoms with Crippen molar-refractivity contribution in [2.75, 3.05) is 13.7 Å². The van der Waals surface area contributed by atoms with Crippen LogP contribution in [0.5, 0.6) is 5.75 Å². The monoisotopic (exact) mass is 509 g/mol. The van der Waals surface area contributed by atoms with Crippen molar-refractivity contribution in [1.29, 1.82) is 0 Å². The van der Waals surface area contributed by atoms with Gasteiger partial charge in [-0.15, -0.1) is 0 Å². The Labute approximate surface area is 217 Å². The fourth-order valence-electron chi connectivity index (χ4n) is 4.64. The lowest BCUT2D eigenvalue weighted by molar-refractivity contribution is -0.126. The molecule has 1 aromatic rings. The molecule has 2 aliphatic rings. The largest absolute Gasteiger partial charge is 0.487 e. The molecule has 3 atom stereocenters. The number of aliphatic imine (C=N–C) groups is 1. The molecule has 198 valence electrons. The molecule has 1 aliphatic heterocycles. The normalized spacial score (nSPS) is 20.6. The first kappa shape index (κ1) is 27.9. The summed E-state index contributed by atoms with van der Waals surface area (Å²) >= 11 is 0. The number of hydrogen-bond donors (Lipinski definition) is 3. The third-order valence-corrected chi connectivity index (χ3v) is 6.34. The summed E-state index contributed by atoms with van der Waals surface area (Å²) in [6.07, 6.45) is 5.28. The highest BCUT2D eigenvalue weighted by Crippen LogP contribution is 2.33. The fraction of sp³-hybridized carbons (Fsp3) is 0.429. The first-order valence-electron chi connectivity index (χ1n) is 12.2. The maximum Gasteiger partial charge on any atom is 0.335 e. The zero-order chi connectivity index (χ0) is 27.3. The third kappa shape index (κ3) is 7.16. The number of rotatable bonds is 9. The number of carboxylic acids is 1. The molecule has 37 heavy (non-hydrogen) atoms. The van der Waals surface area contributed by atoms with Gasteiger partial charge in [0.05, 0.1) is 41.2 Å². The van der Waals surface area contributed by atoms with Crippen LogP contribution < -0.4 is 10.1 Å². The molecule has 0 unspecified atom stereocenters. The van der Waals surface area contributed by atoms with Gasteiger partial charge >= 0.3 is 5.97 Å². The number of carbonyl (C=O) groups is 3. The average molecular weight is 510 g/mol. The molecule has 1 amide bonds. The molecule has 0 aromatic heterocycles. The number of ether oxygens (including phenoxy) is 1. The topological polar surface area (TPSA) is 129 Å². The van der Waals surface area contributed by atoms with E-state index in [2.05, 4.69) is 16.9 Å². The molecular weight excluding hydrogens is 474 g/mol. The summed E-state index contributed by atoms with van der Waals surface area (Å²) in [5.74, 6) is -1.22. The number of nitrogens with one attached hydrogen (secondary N) is 1. The van der Waals surface area contributed by atoms with Gasteiger partial charge in [0, 0.05) is 19.7 Å². The number of ketones is 1. The first-order valence-corrected chi connectivity index (χ1v) is 12.2. The number of aliphatic hydroxyl groups excluding tert-OH is 1. The van der Waals surface area contributed by atoms with Gasteiger partial charge in [-0.05, 0) is 42.5 Å². The van der Waals surface area contributed by atoms with E-state index >= 15 is 0 Å². The molecule has 0 fully saturated rings. The summed E-state index contributed by atoms with van der Waals surface area (Å²) in [6, 6.07) is 5.50. The van der Waals surface area contributed by atoms with Crippen LogP contribution in [0.25, 0.3) is 0 Å². The molecule has 3 N–H and O–H groups in total. The van der Waals surface area contributed by atoms with Gasteiger partial charge in [-0.2, -0.15) is 0 Å². The minimum atomic E-state index is -1.01. The van der Waals surface area contributed by atoms with Gasteiger partial charge in [-0.3, -0.25) is 14.6 Å². The van der Waals surface area contributed by atoms with Crippen molar-refractivity contribution in [3.05, 3.63) is 65.7 Å². The molecule has 1 heterocycles. The number of benzene rings is 1. The van der Waals surface area contributed by atoms with E-state index in [-0.39, 0.29) is 30.3 Å². The number of nitrogens with zero attached hydrogens (tertiary/aromatic N) is 2. The highest BCUT2D eigenvalue weighted by atomic mass is 16.5. The Kier molecular flexibility index (Phi) is 8.70. The predicted octanol–water partition coefficient (Wildman–Crippen LogP) is 3.32. The maximum atomic E-state index is 13.7. The van der Waals surface area contributed by atoms with Gasteiger partial charge in [0.15, 0.2) is 5.78 Å². The van der Waals surface area contributed by atoms with Gasteiger partial charge in [0.2, 0.25) is 5.91 Å². The average Bonchev–Trinajstić information content (AvgIpc) is 2.83. The molecule has 9 nitrogen and oxygen atoms in total. The third-order valence-electron chi connectivity index (χ3n) is 6.34. The van der Waals surface area contributed by atoms with Gasteiger partial charge < -0.3 is 25.2 Å². The van der Waals surface area contributed by atoms with Gasteiger partial charge in [-0.25, -0.2) is 4.79 Å². The van der Waals surface area contributed by atoms with Crippen LogP contribution in [0.4, 0.5) is 0 Å². The van der Waals surface area contributed by atoms with Crippen molar-refractivity contribution in [2.45, 2.75) is 52.2 Å². The molecule has 0 spiro atoms. The van der Waals surface area contributed by atoms with Crippen LogP contribution in [0.1, 0.15) is 50.4 Å². The smallest absolute Gasteiger partial charge is 0.335 e. The van der Waals surface area contributed by atoms with Crippen LogP contribution in [-0.2, 0) is 9.59 Å². The summed E-state index contributed by atoms with van der Waals surface area (Å²) in [6.45, 7) is 10.1. The molecule has 9 heteroatoms. The van der Waals surface area contributed by atoms with Gasteiger partial charge in [0.1, 0.15) is 12.4 Å². The molecule has 1 aliphatic carbocycles. The number of carbonyl (C=O) groups excluding carboxylic acids is 2. The Balaban J connectivity index is 1.78. The van der Waals surface area contributed by atoms with E-state index in [4.69, 9.17) is 9.84 Å². The molecular formula is C28H35N3O6. The number of allylic oxidation sites excluding steroid dienone is 1. The first-order chi connectivity index (χ1) is 17.4. The second-order valence-electron chi connectivity index (χ2n) is 10.4. The molecule has 0 bridgehead atoms. The zero-order valence-corrected chi connectivity index (χ0v) is 21.7. The fourth-order valence-corrected chi connectivity index (χ4v) is 4.64. The van der Waals surface area contributed by atoms with E-state index < -0.39 is 29.4 Å². The van der Waals surface area contributed by atoms with Crippen molar-refractivity contribution in [2.24, 2.45) is 16.3 Å². The van der Waals surface area contributed by atoms with Gasteiger partial charge in [0.25, 0.3) is 0 Å². The number of Topliss-reactive ketones (excluding diaryl/α,β-unsaturated/α-hetero) is 1. The van der Waals surface area contributed by atoms with Crippen molar-refractivity contribution in [3.8, 4) is 5.75 Å². The van der Waals surface area contributed by atoms with Gasteiger partial charge in [-0.1, -0.05) is 39.0 Å². The highest BCUT2D eigenvalue weighted by Gasteiger charge is 2.38. The number of aliphatic hydroxyl groups is 1. The second-order valence-corrected chi connectivity index (χ2v) is 10.4. The summed E-state index contributed by atoms with van der Waals surface area (Å²) in [7, 11) is 1.56. The number of amides is 1. The van der Waals surface area contributed by atoms with Crippen LogP contribution >= 0.6 is 0 Å². The second kappa shape index (κ2) is 11.6. The summed E-state index contributed by atoms with van der Waals surface area (Å²) in [4.78, 5) is 43.0. The Hall–Kier alpha value is -3.72. The Bertz CT molecular complexity index is 1140. The SMILES string of the molecule is C=C1C=NC(COc2ccc(C(=O)O)cc2)=CN1[C@H](C(=O)CC1=C[C@H](C(=O)NC)C[C@@H](O)C1)C(C)(C)C. The van der Waals surface area contributed by atoms with Crippen molar-refractivity contribution < 1.29 is 29.3 Å². The quantitative estimate of drug-likeness (QED) is 0.436. The standard InChI is InChI=1S/C28H35N3O6/c1-17-14-30-21(16-37-23-8-6-19(7-9-23)27(35)36)15-31(17)25(28(2,3)4)24(33)12-18-10-20(26(34)29-5)13-22(32)11-18/h6-10,14-15,20,22,25,32H,1,11-13,16H2,2-5H3,(H,29,34)(H,35,36)/t20-,22-,25+/m0/s1. The van der Waals surface area contributed by atoms with E-state index in [9.17, 15) is 19.5 Å². The summed E-state index contributed by atoms with van der Waals surface area (Å²) in [5, 5.41) is 22.0. The Morgan fingerprint density at radius 2 is 1.92 bits per heavy atom. The van der Waals surface area contributed by atoms with Crippen molar-refractivity contribution in [3.63, 3.8) is 0 Å². The van der Waals surface area contributed by atoms with Crippen LogP contribution in [0.3, 0.4) is 0 Å².